The van der Waals surface area contributed by atoms with Gasteiger partial charge in [-0.1, -0.05) is 0 Å². The monoisotopic (exact) mass is 185 g/mol. The molecule has 2 heterocycles. The molecule has 0 bridgehead atoms. The molecule has 2 aromatic heterocycles. The Morgan fingerprint density at radius 1 is 1.00 bits per heavy atom. The molecule has 0 fully saturated rings. The van der Waals surface area contributed by atoms with Gasteiger partial charge in [0, 0.05) is 23.5 Å². The topological polar surface area (TPSA) is 55.7 Å². The minimum absolute atomic E-state index is 0.0898. The maximum atomic E-state index is 11.7. The molecule has 0 amide bonds. The fraction of sp³-hybridized carbons (Fsp3) is 0. The molecular formula is C10H7N3O. The van der Waals surface area contributed by atoms with Crippen LogP contribution in [-0.2, 0) is 0 Å². The van der Waals surface area contributed by atoms with E-state index in [9.17, 15) is 4.79 Å². The number of pyridine rings is 1. The minimum Gasteiger partial charge on any atom is -0.288 e. The van der Waals surface area contributed by atoms with Gasteiger partial charge >= 0.3 is 0 Å². The molecule has 4 heteroatoms. The van der Waals surface area contributed by atoms with Gasteiger partial charge in [-0.05, 0) is 18.2 Å². The first-order valence-corrected chi connectivity index (χ1v) is 4.09. The molecule has 0 aliphatic heterocycles. The van der Waals surface area contributed by atoms with Crippen molar-refractivity contribution in [3.63, 3.8) is 0 Å². The molecule has 0 aliphatic rings. The lowest BCUT2D eigenvalue weighted by Crippen LogP contribution is -2.02. The second-order valence-corrected chi connectivity index (χ2v) is 2.70. The predicted molar refractivity (Wildman–Crippen MR) is 49.7 cm³/mol. The van der Waals surface area contributed by atoms with Crippen LogP contribution in [0.1, 0.15) is 15.9 Å². The van der Waals surface area contributed by atoms with Crippen LogP contribution >= 0.6 is 0 Å². The number of ketones is 1. The molecular weight excluding hydrogens is 178 g/mol. The van der Waals surface area contributed by atoms with Crippen LogP contribution < -0.4 is 0 Å². The Bertz CT molecular complexity index is 386. The number of carbonyl (C=O) groups excluding carboxylic acids is 1. The molecule has 0 aromatic carbocycles. The molecule has 0 atom stereocenters. The maximum Gasteiger partial charge on any atom is 0.196 e. The summed E-state index contributed by atoms with van der Waals surface area (Å²) in [6.45, 7) is 0. The van der Waals surface area contributed by atoms with Crippen molar-refractivity contribution >= 4 is 5.78 Å². The van der Waals surface area contributed by atoms with Gasteiger partial charge in [0.2, 0.25) is 0 Å². The van der Waals surface area contributed by atoms with Crippen molar-refractivity contribution in [2.45, 2.75) is 0 Å². The van der Waals surface area contributed by atoms with Gasteiger partial charge in [-0.3, -0.25) is 9.78 Å². The first-order chi connectivity index (χ1) is 6.88. The van der Waals surface area contributed by atoms with Gasteiger partial charge in [-0.25, -0.2) is 0 Å². The summed E-state index contributed by atoms with van der Waals surface area (Å²) in [5, 5.41) is 7.24. The fourth-order valence-corrected chi connectivity index (χ4v) is 1.09. The third-order valence-corrected chi connectivity index (χ3v) is 1.77. The van der Waals surface area contributed by atoms with Crippen molar-refractivity contribution in [3.05, 3.63) is 54.1 Å². The van der Waals surface area contributed by atoms with Crippen molar-refractivity contribution in [3.8, 4) is 0 Å². The van der Waals surface area contributed by atoms with Crippen molar-refractivity contribution in [2.24, 2.45) is 0 Å². The van der Waals surface area contributed by atoms with Crippen LogP contribution in [-0.4, -0.2) is 21.0 Å². The zero-order valence-electron chi connectivity index (χ0n) is 7.29. The Kier molecular flexibility index (Phi) is 2.27. The second-order valence-electron chi connectivity index (χ2n) is 2.70. The summed E-state index contributed by atoms with van der Waals surface area (Å²) in [6.07, 6.45) is 6.09. The van der Waals surface area contributed by atoms with E-state index in [1.807, 2.05) is 0 Å². The van der Waals surface area contributed by atoms with E-state index in [0.29, 0.717) is 11.1 Å². The van der Waals surface area contributed by atoms with E-state index in [1.165, 1.54) is 18.6 Å². The zero-order chi connectivity index (χ0) is 9.80. The van der Waals surface area contributed by atoms with Gasteiger partial charge in [0.05, 0.1) is 12.4 Å². The number of aromatic nitrogens is 3. The van der Waals surface area contributed by atoms with Crippen molar-refractivity contribution < 1.29 is 4.79 Å². The quantitative estimate of drug-likeness (QED) is 0.657. The summed E-state index contributed by atoms with van der Waals surface area (Å²) in [6, 6.07) is 5.07. The molecule has 2 rings (SSSR count). The standard InChI is InChI=1S/C10H7N3O/c14-10(8-2-1-4-11-6-8)9-3-5-12-13-7-9/h1-7H. The van der Waals surface area contributed by atoms with Gasteiger partial charge in [0.15, 0.2) is 5.78 Å². The SMILES string of the molecule is O=C(c1cccnc1)c1ccnnc1. The molecule has 0 spiro atoms. The van der Waals surface area contributed by atoms with Crippen LogP contribution in [0.4, 0.5) is 0 Å². The lowest BCUT2D eigenvalue weighted by molar-refractivity contribution is 0.103. The average molecular weight is 185 g/mol. The Balaban J connectivity index is 2.35. The third kappa shape index (κ3) is 1.64. The van der Waals surface area contributed by atoms with E-state index in [-0.39, 0.29) is 5.78 Å². The van der Waals surface area contributed by atoms with Crippen LogP contribution in [0.15, 0.2) is 43.0 Å². The molecule has 4 nitrogen and oxygen atoms in total. The number of hydrogen-bond donors (Lipinski definition) is 0. The minimum atomic E-state index is -0.0898. The zero-order valence-corrected chi connectivity index (χ0v) is 7.29. The van der Waals surface area contributed by atoms with Gasteiger partial charge < -0.3 is 0 Å². The van der Waals surface area contributed by atoms with E-state index in [2.05, 4.69) is 15.2 Å². The molecule has 2 aromatic rings. The van der Waals surface area contributed by atoms with Crippen molar-refractivity contribution in [2.75, 3.05) is 0 Å². The van der Waals surface area contributed by atoms with E-state index in [1.54, 1.807) is 24.4 Å². The van der Waals surface area contributed by atoms with Crippen molar-refractivity contribution in [1.82, 2.24) is 15.2 Å². The van der Waals surface area contributed by atoms with Crippen LogP contribution in [0.25, 0.3) is 0 Å². The van der Waals surface area contributed by atoms with Crippen LogP contribution in [0, 0.1) is 0 Å². The summed E-state index contributed by atoms with van der Waals surface area (Å²) in [5.41, 5.74) is 1.08. The highest BCUT2D eigenvalue weighted by Crippen LogP contribution is 2.05. The highest BCUT2D eigenvalue weighted by molar-refractivity contribution is 6.08. The van der Waals surface area contributed by atoms with E-state index in [4.69, 9.17) is 0 Å². The number of nitrogens with zero attached hydrogens (tertiary/aromatic N) is 3. The number of rotatable bonds is 2. The lowest BCUT2D eigenvalue weighted by Gasteiger charge is -1.97. The maximum absolute atomic E-state index is 11.7. The van der Waals surface area contributed by atoms with E-state index in [0.717, 1.165) is 0 Å². The van der Waals surface area contributed by atoms with E-state index >= 15 is 0 Å². The molecule has 68 valence electrons. The fourth-order valence-electron chi connectivity index (χ4n) is 1.09. The predicted octanol–water partition coefficient (Wildman–Crippen LogP) is 1.10. The van der Waals surface area contributed by atoms with Crippen LogP contribution in [0.2, 0.25) is 0 Å². The number of carbonyl (C=O) groups is 1. The molecule has 0 radical (unpaired) electrons. The molecule has 0 saturated carbocycles. The first-order valence-electron chi connectivity index (χ1n) is 4.09. The van der Waals surface area contributed by atoms with E-state index < -0.39 is 0 Å². The summed E-state index contributed by atoms with van der Waals surface area (Å²) in [5.74, 6) is -0.0898. The van der Waals surface area contributed by atoms with Gasteiger partial charge in [0.25, 0.3) is 0 Å². The molecule has 0 unspecified atom stereocenters. The largest absolute Gasteiger partial charge is 0.288 e. The highest BCUT2D eigenvalue weighted by atomic mass is 16.1. The van der Waals surface area contributed by atoms with Crippen molar-refractivity contribution in [1.29, 1.82) is 0 Å². The molecule has 0 N–H and O–H groups in total. The smallest absolute Gasteiger partial charge is 0.196 e. The Morgan fingerprint density at radius 3 is 2.50 bits per heavy atom. The van der Waals surface area contributed by atoms with Crippen LogP contribution in [0.3, 0.4) is 0 Å². The summed E-state index contributed by atoms with van der Waals surface area (Å²) in [4.78, 5) is 15.6. The Hall–Kier alpha value is -2.10. The Morgan fingerprint density at radius 2 is 1.86 bits per heavy atom. The molecule has 0 saturated heterocycles. The normalized spacial score (nSPS) is 9.71. The first kappa shape index (κ1) is 8.50. The molecule has 0 aliphatic carbocycles. The summed E-state index contributed by atoms with van der Waals surface area (Å²) >= 11 is 0. The lowest BCUT2D eigenvalue weighted by atomic mass is 10.1. The third-order valence-electron chi connectivity index (χ3n) is 1.77. The van der Waals surface area contributed by atoms with Gasteiger partial charge in [-0.15, -0.1) is 0 Å². The number of hydrogen-bond acceptors (Lipinski definition) is 4. The Labute approximate surface area is 80.6 Å². The summed E-state index contributed by atoms with van der Waals surface area (Å²) in [7, 11) is 0. The van der Waals surface area contributed by atoms with Crippen LogP contribution in [0.5, 0.6) is 0 Å². The van der Waals surface area contributed by atoms with Gasteiger partial charge in [0.1, 0.15) is 0 Å². The van der Waals surface area contributed by atoms with Gasteiger partial charge in [-0.2, -0.15) is 10.2 Å². The highest BCUT2D eigenvalue weighted by Gasteiger charge is 2.07. The summed E-state index contributed by atoms with van der Waals surface area (Å²) < 4.78 is 0. The average Bonchev–Trinajstić information content (AvgIpc) is 2.30. The molecule has 14 heavy (non-hydrogen) atoms. The second kappa shape index (κ2) is 3.74.